The second kappa shape index (κ2) is 8.36. The van der Waals surface area contributed by atoms with E-state index in [9.17, 15) is 14.7 Å². The highest BCUT2D eigenvalue weighted by Gasteiger charge is 2.22. The summed E-state index contributed by atoms with van der Waals surface area (Å²) in [5, 5.41) is 14.1. The number of thiophene rings is 1. The number of hydrogen-bond donors (Lipinski definition) is 2. The molecular formula is C22H21N3O3S. The van der Waals surface area contributed by atoms with Gasteiger partial charge in [0.15, 0.2) is 0 Å². The molecule has 29 heavy (non-hydrogen) atoms. The van der Waals surface area contributed by atoms with E-state index in [1.54, 1.807) is 42.5 Å². The Morgan fingerprint density at radius 2 is 1.59 bits per heavy atom. The van der Waals surface area contributed by atoms with Crippen LogP contribution in [-0.2, 0) is 0 Å². The predicted molar refractivity (Wildman–Crippen MR) is 115 cm³/mol. The molecule has 1 aromatic heterocycles. The maximum atomic E-state index is 12.8. The topological polar surface area (TPSA) is 72.9 Å². The highest BCUT2D eigenvalue weighted by atomic mass is 32.1. The van der Waals surface area contributed by atoms with Crippen molar-refractivity contribution in [2.75, 3.05) is 36.4 Å². The van der Waals surface area contributed by atoms with E-state index in [4.69, 9.17) is 0 Å². The smallest absolute Gasteiger partial charge is 0.265 e. The number of amides is 2. The van der Waals surface area contributed by atoms with Crippen LogP contribution in [0.2, 0.25) is 0 Å². The van der Waals surface area contributed by atoms with E-state index in [1.807, 2.05) is 28.5 Å². The minimum atomic E-state index is -0.149. The molecule has 2 amide bonds. The van der Waals surface area contributed by atoms with Gasteiger partial charge in [-0.2, -0.15) is 0 Å². The maximum Gasteiger partial charge on any atom is 0.265 e. The molecule has 2 aromatic carbocycles. The lowest BCUT2D eigenvalue weighted by molar-refractivity contribution is 0.0746. The molecule has 0 radical (unpaired) electrons. The van der Waals surface area contributed by atoms with E-state index in [2.05, 4.69) is 10.2 Å². The van der Waals surface area contributed by atoms with Crippen molar-refractivity contribution in [3.8, 4) is 5.75 Å². The number of anilines is 2. The quantitative estimate of drug-likeness (QED) is 0.692. The van der Waals surface area contributed by atoms with Crippen molar-refractivity contribution in [1.82, 2.24) is 4.90 Å². The zero-order valence-corrected chi connectivity index (χ0v) is 16.6. The number of hydrogen-bond acceptors (Lipinski definition) is 5. The first-order valence-corrected chi connectivity index (χ1v) is 10.3. The summed E-state index contributed by atoms with van der Waals surface area (Å²) >= 11 is 1.39. The fourth-order valence-electron chi connectivity index (χ4n) is 3.31. The zero-order valence-electron chi connectivity index (χ0n) is 15.7. The number of carbonyl (C=O) groups is 2. The van der Waals surface area contributed by atoms with Gasteiger partial charge in [-0.05, 0) is 60.0 Å². The molecule has 3 aromatic rings. The molecule has 0 aliphatic carbocycles. The lowest BCUT2D eigenvalue weighted by atomic mass is 10.1. The van der Waals surface area contributed by atoms with Gasteiger partial charge in [0, 0.05) is 43.1 Å². The third kappa shape index (κ3) is 4.41. The van der Waals surface area contributed by atoms with Crippen LogP contribution in [0.5, 0.6) is 5.75 Å². The van der Waals surface area contributed by atoms with E-state index in [0.717, 1.165) is 18.8 Å². The molecule has 148 valence electrons. The molecule has 1 aliphatic rings. The number of phenols is 1. The molecule has 1 aliphatic heterocycles. The van der Waals surface area contributed by atoms with Gasteiger partial charge in [-0.15, -0.1) is 11.3 Å². The van der Waals surface area contributed by atoms with Crippen LogP contribution in [0.25, 0.3) is 0 Å². The van der Waals surface area contributed by atoms with Gasteiger partial charge in [0.2, 0.25) is 0 Å². The Morgan fingerprint density at radius 3 is 2.21 bits per heavy atom. The molecule has 0 saturated carbocycles. The molecule has 2 heterocycles. The second-order valence-electron chi connectivity index (χ2n) is 6.80. The molecule has 4 rings (SSSR count). The number of nitrogens with one attached hydrogen (secondary N) is 1. The van der Waals surface area contributed by atoms with Crippen LogP contribution < -0.4 is 10.2 Å². The number of aromatic hydroxyl groups is 1. The Balaban J connectivity index is 1.34. The summed E-state index contributed by atoms with van der Waals surface area (Å²) in [5.74, 6) is 0.0912. The van der Waals surface area contributed by atoms with Gasteiger partial charge in [0.05, 0.1) is 4.88 Å². The highest BCUT2D eigenvalue weighted by Crippen LogP contribution is 2.21. The third-order valence-electron chi connectivity index (χ3n) is 4.92. The minimum Gasteiger partial charge on any atom is -0.508 e. The molecule has 0 unspecified atom stereocenters. The summed E-state index contributed by atoms with van der Waals surface area (Å²) in [6, 6.07) is 17.7. The summed E-state index contributed by atoms with van der Waals surface area (Å²) in [4.78, 5) is 29.6. The number of nitrogens with zero attached hydrogens (tertiary/aromatic N) is 2. The Morgan fingerprint density at radius 1 is 0.897 bits per heavy atom. The van der Waals surface area contributed by atoms with Crippen molar-refractivity contribution in [3.05, 3.63) is 76.5 Å². The van der Waals surface area contributed by atoms with Crippen LogP contribution in [0.15, 0.2) is 66.0 Å². The largest absolute Gasteiger partial charge is 0.508 e. The molecular weight excluding hydrogens is 386 g/mol. The highest BCUT2D eigenvalue weighted by molar-refractivity contribution is 7.12. The van der Waals surface area contributed by atoms with E-state index in [1.165, 1.54) is 11.3 Å². The molecule has 0 spiro atoms. The lowest BCUT2D eigenvalue weighted by Gasteiger charge is -2.36. The summed E-state index contributed by atoms with van der Waals surface area (Å²) in [6.07, 6.45) is 0. The Bertz CT molecular complexity index is 977. The van der Waals surface area contributed by atoms with Gasteiger partial charge in [0.25, 0.3) is 11.8 Å². The maximum absolute atomic E-state index is 12.8. The van der Waals surface area contributed by atoms with Crippen LogP contribution in [0.1, 0.15) is 20.0 Å². The van der Waals surface area contributed by atoms with Gasteiger partial charge in [-0.3, -0.25) is 9.59 Å². The summed E-state index contributed by atoms with van der Waals surface area (Å²) in [6.45, 7) is 2.75. The monoisotopic (exact) mass is 407 g/mol. The van der Waals surface area contributed by atoms with Gasteiger partial charge in [-0.1, -0.05) is 6.07 Å². The van der Waals surface area contributed by atoms with Crippen molar-refractivity contribution in [1.29, 1.82) is 0 Å². The molecule has 0 atom stereocenters. The van der Waals surface area contributed by atoms with E-state index in [0.29, 0.717) is 29.2 Å². The number of carbonyl (C=O) groups excluding carboxylic acids is 2. The lowest BCUT2D eigenvalue weighted by Crippen LogP contribution is -2.48. The van der Waals surface area contributed by atoms with E-state index >= 15 is 0 Å². The number of piperazine rings is 1. The van der Waals surface area contributed by atoms with E-state index < -0.39 is 0 Å². The minimum absolute atomic E-state index is 0.00788. The van der Waals surface area contributed by atoms with Crippen LogP contribution in [0.3, 0.4) is 0 Å². The number of rotatable bonds is 4. The third-order valence-corrected chi connectivity index (χ3v) is 5.79. The molecule has 2 N–H and O–H groups in total. The zero-order chi connectivity index (χ0) is 20.2. The second-order valence-corrected chi connectivity index (χ2v) is 7.75. The Labute approximate surface area is 173 Å². The standard InChI is InChI=1S/C22H21N3O3S/c26-19-9-7-18(8-10-19)24-11-13-25(14-12-24)22(28)16-3-5-17(6-4-16)23-21(27)20-2-1-15-29-20/h1-10,15,26H,11-14H2,(H,23,27). The normalized spacial score (nSPS) is 13.9. The molecule has 7 heteroatoms. The van der Waals surface area contributed by atoms with Crippen molar-refractivity contribution < 1.29 is 14.7 Å². The van der Waals surface area contributed by atoms with Crippen molar-refractivity contribution >= 4 is 34.5 Å². The summed E-state index contributed by atoms with van der Waals surface area (Å²) < 4.78 is 0. The van der Waals surface area contributed by atoms with Gasteiger partial charge >= 0.3 is 0 Å². The number of benzene rings is 2. The first-order valence-electron chi connectivity index (χ1n) is 9.38. The fraction of sp³-hybridized carbons (Fsp3) is 0.182. The first kappa shape index (κ1) is 19.0. The molecule has 1 saturated heterocycles. The SMILES string of the molecule is O=C(Nc1ccc(C(=O)N2CCN(c3ccc(O)cc3)CC2)cc1)c1cccs1. The van der Waals surface area contributed by atoms with Gasteiger partial charge in [0.1, 0.15) is 5.75 Å². The van der Waals surface area contributed by atoms with Crippen LogP contribution in [-0.4, -0.2) is 48.0 Å². The van der Waals surface area contributed by atoms with Crippen LogP contribution >= 0.6 is 11.3 Å². The average Bonchev–Trinajstić information content (AvgIpc) is 3.30. The van der Waals surface area contributed by atoms with Crippen LogP contribution in [0.4, 0.5) is 11.4 Å². The predicted octanol–water partition coefficient (Wildman–Crippen LogP) is 3.67. The van der Waals surface area contributed by atoms with Crippen molar-refractivity contribution in [2.24, 2.45) is 0 Å². The van der Waals surface area contributed by atoms with Crippen molar-refractivity contribution in [3.63, 3.8) is 0 Å². The fourth-order valence-corrected chi connectivity index (χ4v) is 3.93. The van der Waals surface area contributed by atoms with E-state index in [-0.39, 0.29) is 17.6 Å². The van der Waals surface area contributed by atoms with Gasteiger partial charge in [-0.25, -0.2) is 0 Å². The number of phenolic OH excluding ortho intramolecular Hbond substituents is 1. The average molecular weight is 407 g/mol. The summed E-state index contributed by atoms with van der Waals surface area (Å²) in [7, 11) is 0. The molecule has 0 bridgehead atoms. The Kier molecular flexibility index (Phi) is 5.48. The molecule has 1 fully saturated rings. The van der Waals surface area contributed by atoms with Crippen molar-refractivity contribution in [2.45, 2.75) is 0 Å². The first-order chi connectivity index (χ1) is 14.1. The Hall–Kier alpha value is -3.32. The van der Waals surface area contributed by atoms with Crippen LogP contribution in [0, 0.1) is 0 Å². The molecule has 6 nitrogen and oxygen atoms in total. The van der Waals surface area contributed by atoms with Gasteiger partial charge < -0.3 is 20.2 Å². The summed E-state index contributed by atoms with van der Waals surface area (Å²) in [5.41, 5.74) is 2.31.